The van der Waals surface area contributed by atoms with Crippen LogP contribution in [0.4, 0.5) is 0 Å². The monoisotopic (exact) mass is 534 g/mol. The number of Topliss-reactive ketones (excluding diaryl/α,β-unsaturated/α-hetero) is 3. The maximum Gasteiger partial charge on any atom is 0.174 e. The van der Waals surface area contributed by atoms with Gasteiger partial charge in [0, 0.05) is 29.0 Å². The molecule has 40 heavy (non-hydrogen) atoms. The fourth-order valence-corrected chi connectivity index (χ4v) is 5.10. The molecule has 6 heteroatoms. The van der Waals surface area contributed by atoms with Crippen LogP contribution in [0.3, 0.4) is 0 Å². The lowest BCUT2D eigenvalue weighted by Gasteiger charge is -2.19. The number of carbonyl (C=O) groups is 3. The molecule has 1 aliphatic carbocycles. The van der Waals surface area contributed by atoms with Gasteiger partial charge in [-0.1, -0.05) is 91.0 Å². The van der Waals surface area contributed by atoms with Crippen molar-refractivity contribution in [3.8, 4) is 16.9 Å². The lowest BCUT2D eigenvalue weighted by atomic mass is 9.88. The van der Waals surface area contributed by atoms with Crippen molar-refractivity contribution in [3.05, 3.63) is 125 Å². The Balaban J connectivity index is 1.17. The molecule has 0 spiro atoms. The van der Waals surface area contributed by atoms with Gasteiger partial charge in [0.15, 0.2) is 23.6 Å². The maximum atomic E-state index is 13.0. The zero-order valence-electron chi connectivity index (χ0n) is 21.9. The fraction of sp³-hybridized carbons (Fsp3) is 0.206. The van der Waals surface area contributed by atoms with Gasteiger partial charge in [-0.2, -0.15) is 0 Å². The van der Waals surface area contributed by atoms with E-state index in [1.54, 1.807) is 36.4 Å². The molecule has 1 atom stereocenters. The number of benzene rings is 4. The lowest BCUT2D eigenvalue weighted by Crippen LogP contribution is -2.25. The summed E-state index contributed by atoms with van der Waals surface area (Å²) >= 11 is 0. The second kappa shape index (κ2) is 12.2. The summed E-state index contributed by atoms with van der Waals surface area (Å²) < 4.78 is 5.85. The first-order chi connectivity index (χ1) is 19.4. The van der Waals surface area contributed by atoms with Gasteiger partial charge in [-0.3, -0.25) is 14.4 Å². The molecular formula is C34H30O6. The van der Waals surface area contributed by atoms with Crippen LogP contribution in [0.5, 0.6) is 5.75 Å². The van der Waals surface area contributed by atoms with Gasteiger partial charge in [-0.15, -0.1) is 0 Å². The first-order valence-electron chi connectivity index (χ1n) is 13.3. The molecule has 0 amide bonds. The van der Waals surface area contributed by atoms with Gasteiger partial charge in [0.05, 0.1) is 5.92 Å². The summed E-state index contributed by atoms with van der Waals surface area (Å²) in [5.41, 5.74) is 4.27. The molecule has 0 radical (unpaired) electrons. The predicted octanol–water partition coefficient (Wildman–Crippen LogP) is 5.91. The minimum Gasteiger partial charge on any atom is -0.489 e. The number of aliphatic hydroxyl groups is 2. The number of carbonyl (C=O) groups excluding carboxylic acids is 3. The number of ketones is 3. The minimum atomic E-state index is -1.74. The van der Waals surface area contributed by atoms with Crippen molar-refractivity contribution in [2.75, 3.05) is 0 Å². The van der Waals surface area contributed by atoms with E-state index in [0.29, 0.717) is 23.3 Å². The van der Waals surface area contributed by atoms with Crippen LogP contribution >= 0.6 is 0 Å². The van der Waals surface area contributed by atoms with Crippen molar-refractivity contribution in [3.63, 3.8) is 0 Å². The van der Waals surface area contributed by atoms with Gasteiger partial charge in [0.25, 0.3) is 0 Å². The largest absolute Gasteiger partial charge is 0.489 e. The zero-order chi connectivity index (χ0) is 28.1. The van der Waals surface area contributed by atoms with E-state index >= 15 is 0 Å². The molecule has 4 aromatic rings. The zero-order valence-corrected chi connectivity index (χ0v) is 21.9. The molecule has 0 fully saturated rings. The minimum absolute atomic E-state index is 0.105. The molecule has 0 aliphatic heterocycles. The summed E-state index contributed by atoms with van der Waals surface area (Å²) in [5.74, 6) is -1.60. The van der Waals surface area contributed by atoms with E-state index in [1.807, 2.05) is 66.7 Å². The van der Waals surface area contributed by atoms with Crippen LogP contribution in [-0.2, 0) is 6.61 Å². The van der Waals surface area contributed by atoms with Crippen LogP contribution in [-0.4, -0.2) is 33.9 Å². The summed E-state index contributed by atoms with van der Waals surface area (Å²) in [5, 5.41) is 19.9. The van der Waals surface area contributed by atoms with Crippen LogP contribution < -0.4 is 4.74 Å². The molecule has 6 nitrogen and oxygen atoms in total. The maximum absolute atomic E-state index is 13.0. The number of fused-ring (bicyclic) bond motifs is 1. The van der Waals surface area contributed by atoms with Crippen molar-refractivity contribution < 1.29 is 29.3 Å². The molecule has 4 aromatic carbocycles. The average Bonchev–Trinajstić information content (AvgIpc) is 3.23. The van der Waals surface area contributed by atoms with Crippen LogP contribution in [0.2, 0.25) is 0 Å². The van der Waals surface area contributed by atoms with E-state index in [2.05, 4.69) is 0 Å². The number of ether oxygens (including phenoxy) is 1. The van der Waals surface area contributed by atoms with Crippen LogP contribution in [0.1, 0.15) is 55.9 Å². The second-order valence-electron chi connectivity index (χ2n) is 10.1. The van der Waals surface area contributed by atoms with Gasteiger partial charge in [0.1, 0.15) is 12.4 Å². The fourth-order valence-electron chi connectivity index (χ4n) is 5.10. The number of rotatable bonds is 11. The first-order valence-corrected chi connectivity index (χ1v) is 13.3. The van der Waals surface area contributed by atoms with Crippen LogP contribution in [0.25, 0.3) is 11.1 Å². The summed E-state index contributed by atoms with van der Waals surface area (Å²) in [6.45, 7) is 0.488. The molecule has 0 saturated heterocycles. The summed E-state index contributed by atoms with van der Waals surface area (Å²) in [7, 11) is 0. The Morgan fingerprint density at radius 3 is 1.85 bits per heavy atom. The predicted molar refractivity (Wildman–Crippen MR) is 151 cm³/mol. The molecule has 5 rings (SSSR count). The van der Waals surface area contributed by atoms with E-state index in [0.717, 1.165) is 22.4 Å². The van der Waals surface area contributed by atoms with Crippen molar-refractivity contribution in [2.45, 2.75) is 32.2 Å². The molecule has 0 aromatic heterocycles. The van der Waals surface area contributed by atoms with Crippen molar-refractivity contribution in [1.29, 1.82) is 0 Å². The van der Waals surface area contributed by atoms with Crippen LogP contribution in [0.15, 0.2) is 103 Å². The Morgan fingerprint density at radius 2 is 1.27 bits per heavy atom. The molecule has 0 saturated carbocycles. The Morgan fingerprint density at radius 1 is 0.725 bits per heavy atom. The van der Waals surface area contributed by atoms with E-state index in [-0.39, 0.29) is 36.6 Å². The van der Waals surface area contributed by atoms with Crippen molar-refractivity contribution in [2.24, 2.45) is 11.8 Å². The molecule has 0 heterocycles. The van der Waals surface area contributed by atoms with Gasteiger partial charge < -0.3 is 14.9 Å². The summed E-state index contributed by atoms with van der Waals surface area (Å²) in [6.07, 6.45) is -1.52. The van der Waals surface area contributed by atoms with Crippen molar-refractivity contribution >= 4 is 17.3 Å². The molecule has 0 bridgehead atoms. The van der Waals surface area contributed by atoms with E-state index in [4.69, 9.17) is 4.74 Å². The van der Waals surface area contributed by atoms with Gasteiger partial charge in [-0.05, 0) is 41.7 Å². The smallest absolute Gasteiger partial charge is 0.174 e. The Bertz CT molecular complexity index is 1450. The average molecular weight is 535 g/mol. The Kier molecular flexibility index (Phi) is 8.29. The molecule has 1 unspecified atom stereocenters. The van der Waals surface area contributed by atoms with E-state index < -0.39 is 18.1 Å². The first kappa shape index (κ1) is 27.2. The van der Waals surface area contributed by atoms with Gasteiger partial charge in [0.2, 0.25) is 0 Å². The normalized spacial score (nSPS) is 13.9. The molecule has 2 N–H and O–H groups in total. The standard InChI is InChI=1S/C34H30O6/c35-31(20-26(34(38)39)16-19-30-32(36)28-8-4-5-9-29(28)33(30)37)25-12-10-23(11-13-25)24-14-17-27(18-15-24)40-21-22-6-2-1-3-7-22/h1-15,17-18,26,30,34,38-39H,16,19-21H2. The second-order valence-corrected chi connectivity index (χ2v) is 10.1. The highest BCUT2D eigenvalue weighted by atomic mass is 16.5. The third kappa shape index (κ3) is 6.09. The summed E-state index contributed by atoms with van der Waals surface area (Å²) in [6, 6.07) is 31.5. The quantitative estimate of drug-likeness (QED) is 0.141. The van der Waals surface area contributed by atoms with Crippen molar-refractivity contribution in [1.82, 2.24) is 0 Å². The number of hydrogen-bond donors (Lipinski definition) is 2. The molecule has 1 aliphatic rings. The highest BCUT2D eigenvalue weighted by molar-refractivity contribution is 6.26. The SMILES string of the molecule is O=C(CC(CCC1C(=O)c2ccccc2C1=O)C(O)O)c1ccc(-c2ccc(OCc3ccccc3)cc2)cc1. The third-order valence-corrected chi connectivity index (χ3v) is 7.43. The van der Waals surface area contributed by atoms with E-state index in [1.165, 1.54) is 0 Å². The highest BCUT2D eigenvalue weighted by Gasteiger charge is 2.38. The highest BCUT2D eigenvalue weighted by Crippen LogP contribution is 2.32. The Hall–Kier alpha value is -4.39. The lowest BCUT2D eigenvalue weighted by molar-refractivity contribution is -0.0863. The summed E-state index contributed by atoms with van der Waals surface area (Å²) in [4.78, 5) is 38.3. The number of hydrogen-bond acceptors (Lipinski definition) is 6. The van der Waals surface area contributed by atoms with Crippen LogP contribution in [0, 0.1) is 11.8 Å². The topological polar surface area (TPSA) is 101 Å². The van der Waals surface area contributed by atoms with Gasteiger partial charge >= 0.3 is 0 Å². The van der Waals surface area contributed by atoms with E-state index in [9.17, 15) is 24.6 Å². The molecular weight excluding hydrogens is 504 g/mol. The van der Waals surface area contributed by atoms with Gasteiger partial charge in [-0.25, -0.2) is 0 Å². The molecule has 202 valence electrons. The third-order valence-electron chi connectivity index (χ3n) is 7.43. The Labute approximate surface area is 232 Å². The number of aliphatic hydroxyl groups excluding tert-OH is 1.